The van der Waals surface area contributed by atoms with Crippen LogP contribution in [0.3, 0.4) is 0 Å². The molecule has 0 bridgehead atoms. The number of anilines is 1. The summed E-state index contributed by atoms with van der Waals surface area (Å²) in [4.78, 5) is 66.0. The minimum atomic E-state index is -5.96. The molecule has 3 fully saturated rings. The van der Waals surface area contributed by atoms with Crippen LogP contribution in [0.15, 0.2) is 114 Å². The average Bonchev–Trinajstić information content (AvgIpc) is 3.85. The summed E-state index contributed by atoms with van der Waals surface area (Å²) < 4.78 is 35.3. The summed E-state index contributed by atoms with van der Waals surface area (Å²) in [5.41, 5.74) is 0.713. The van der Waals surface area contributed by atoms with Gasteiger partial charge in [-0.15, -0.1) is 0 Å². The number of amides is 1. The zero-order valence-corrected chi connectivity index (χ0v) is 49.4. The normalized spacial score (nSPS) is 24.3. The molecule has 0 aliphatic carbocycles. The predicted octanol–water partition coefficient (Wildman–Crippen LogP) is 5.04. The Labute approximate surface area is 457 Å². The van der Waals surface area contributed by atoms with Gasteiger partial charge in [0.1, 0.15) is 23.9 Å². The third kappa shape index (κ3) is 13.0. The number of aliphatic imine (C=N–C) groups is 2. The van der Waals surface area contributed by atoms with E-state index >= 15 is 0 Å². The summed E-state index contributed by atoms with van der Waals surface area (Å²) in [6.07, 6.45) is 11.3. The molecule has 10 rings (SSSR count). The van der Waals surface area contributed by atoms with E-state index in [1.54, 1.807) is 40.1 Å². The van der Waals surface area contributed by atoms with Crippen molar-refractivity contribution in [2.45, 2.75) is 153 Å². The number of aliphatic hydroxyl groups is 1. The Morgan fingerprint density at radius 2 is 1.27 bits per heavy atom. The number of carbonyl (C=O) groups excluding carboxylic acids is 1. The number of hydrogen-bond donors (Lipinski definition) is 4. The lowest BCUT2D eigenvalue weighted by atomic mass is 10.1. The molecule has 0 radical (unpaired) electrons. The lowest BCUT2D eigenvalue weighted by Gasteiger charge is -2.51. The van der Waals surface area contributed by atoms with Crippen LogP contribution in [0.25, 0.3) is 11.2 Å². The molecular formula is C57H82N9O8PSi2. The Morgan fingerprint density at radius 1 is 0.753 bits per heavy atom. The van der Waals surface area contributed by atoms with E-state index in [0.29, 0.717) is 5.56 Å². The van der Waals surface area contributed by atoms with Crippen molar-refractivity contribution in [3.05, 3.63) is 109 Å². The van der Waals surface area contributed by atoms with Gasteiger partial charge < -0.3 is 38.4 Å². The van der Waals surface area contributed by atoms with Crippen LogP contribution >= 0.6 is 7.60 Å². The molecule has 7 heterocycles. The summed E-state index contributed by atoms with van der Waals surface area (Å²) >= 11 is 0. The SMILES string of the molecule is C1CCC2=NCCC[NH+]2CC1.C1CCC2=NCCC[NH+]2CC1.CC(C)(C)[Si](C)(C)O[C@H]1[C@H](n2cnc3c(NC(=O)c4ccccc4)ncnc32)O[C@H](CO[Si](c2ccccc2)(c2ccccc2)C(C)(C)C)[C@]1(O)P(=O)([O-])[O-]. The lowest BCUT2D eigenvalue weighted by Crippen LogP contribution is -3.15. The molecule has 0 spiro atoms. The fraction of sp³-hybridized carbons (Fsp3) is 0.544. The van der Waals surface area contributed by atoms with Crippen LogP contribution in [0.2, 0.25) is 23.2 Å². The number of quaternary nitrogens is 2. The van der Waals surface area contributed by atoms with Gasteiger partial charge in [0.25, 0.3) is 14.2 Å². The topological polar surface area (TPSA) is 217 Å². The van der Waals surface area contributed by atoms with Crippen LogP contribution in [-0.2, 0) is 18.2 Å². The van der Waals surface area contributed by atoms with Gasteiger partial charge in [0.15, 0.2) is 43.2 Å². The second kappa shape index (κ2) is 24.8. The largest absolute Gasteiger partial charge is 0.809 e. The molecule has 20 heteroatoms. The van der Waals surface area contributed by atoms with Gasteiger partial charge in [-0.25, -0.2) is 24.9 Å². The quantitative estimate of drug-likeness (QED) is 0.102. The molecule has 17 nitrogen and oxygen atoms in total. The fourth-order valence-electron chi connectivity index (χ4n) is 11.1. The highest BCUT2D eigenvalue weighted by Crippen LogP contribution is 2.57. The molecular weight excluding hydrogens is 1030 g/mol. The van der Waals surface area contributed by atoms with E-state index in [9.17, 15) is 24.3 Å². The van der Waals surface area contributed by atoms with Gasteiger partial charge in [-0.2, -0.15) is 0 Å². The number of ether oxygens (including phenoxy) is 1. The van der Waals surface area contributed by atoms with Gasteiger partial charge >= 0.3 is 0 Å². The van der Waals surface area contributed by atoms with Crippen LogP contribution in [0.4, 0.5) is 5.82 Å². The highest BCUT2D eigenvalue weighted by Gasteiger charge is 2.63. The minimum absolute atomic E-state index is 0.0950. The van der Waals surface area contributed by atoms with E-state index in [1.807, 2.05) is 94.5 Å². The first-order valence-corrected chi connectivity index (χ1v) is 34.1. The third-order valence-electron chi connectivity index (χ3n) is 16.4. The molecule has 416 valence electrons. The van der Waals surface area contributed by atoms with Crippen molar-refractivity contribution in [2.75, 3.05) is 51.2 Å². The van der Waals surface area contributed by atoms with Crippen molar-refractivity contribution in [3.63, 3.8) is 0 Å². The maximum Gasteiger partial charge on any atom is 0.261 e. The highest BCUT2D eigenvalue weighted by atomic mass is 31.2. The first-order valence-electron chi connectivity index (χ1n) is 27.8. The first-order chi connectivity index (χ1) is 36.7. The Morgan fingerprint density at radius 3 is 1.78 bits per heavy atom. The number of fused-ring (bicyclic) bond motifs is 3. The smallest absolute Gasteiger partial charge is 0.261 e. The molecule has 5 aliphatic rings. The van der Waals surface area contributed by atoms with Gasteiger partial charge in [-0.05, 0) is 91.8 Å². The molecule has 77 heavy (non-hydrogen) atoms. The second-order valence-corrected chi connectivity index (χ2v) is 34.4. The van der Waals surface area contributed by atoms with Crippen molar-refractivity contribution in [1.82, 2.24) is 19.5 Å². The highest BCUT2D eigenvalue weighted by molar-refractivity contribution is 7.50. The zero-order valence-electron chi connectivity index (χ0n) is 46.5. The Kier molecular flexibility index (Phi) is 18.8. The van der Waals surface area contributed by atoms with E-state index in [0.717, 1.165) is 23.5 Å². The Bertz CT molecular complexity index is 2780. The molecule has 3 saturated heterocycles. The van der Waals surface area contributed by atoms with E-state index in [2.05, 4.69) is 51.0 Å². The van der Waals surface area contributed by atoms with Crippen LogP contribution in [0.5, 0.6) is 0 Å². The standard InChI is InChI=1S/C39H50N5O8PSi2.2C9H16N2/c1-37(2,3)54(7,8)52-32-36(44-26-42-31-33(40-25-41-34(31)44)43-35(45)27-18-12-9-13-19-27)51-30(39(32,46)53(47,48)49)24-50-55(38(4,5)6,28-20-14-10-15-21-28)29-22-16-11-17-23-29;2*1-2-5-9-10-6-4-8-11(9)7-3-1/h9-23,25-26,30,32,36,46H,24H2,1-8H3,(H2,47,48,49)(H,40,41,43,45);2*1-8H2/t30-,32+,36-,39+;;/m1../s1. The van der Waals surface area contributed by atoms with Crippen molar-refractivity contribution in [2.24, 2.45) is 9.98 Å². The van der Waals surface area contributed by atoms with E-state index in [1.165, 1.54) is 119 Å². The minimum Gasteiger partial charge on any atom is -0.809 e. The summed E-state index contributed by atoms with van der Waals surface area (Å²) in [6, 6.07) is 28.0. The maximum atomic E-state index is 13.6. The van der Waals surface area contributed by atoms with Crippen molar-refractivity contribution in [3.8, 4) is 0 Å². The maximum absolute atomic E-state index is 13.6. The number of carbonyl (C=O) groups is 1. The monoisotopic (exact) mass is 1110 g/mol. The van der Waals surface area contributed by atoms with Crippen LogP contribution < -0.4 is 35.3 Å². The van der Waals surface area contributed by atoms with Crippen LogP contribution in [0, 0.1) is 0 Å². The van der Waals surface area contributed by atoms with Gasteiger partial charge in [0, 0.05) is 44.3 Å². The third-order valence-corrected chi connectivity index (χ3v) is 27.3. The molecule has 2 aromatic heterocycles. The second-order valence-electron chi connectivity index (χ2n) is 23.6. The van der Waals surface area contributed by atoms with Crippen LogP contribution in [-0.4, -0.2) is 122 Å². The fourth-order valence-corrected chi connectivity index (χ4v) is 18.0. The molecule has 2 unspecified atom stereocenters. The van der Waals surface area contributed by atoms with E-state index < -0.39 is 70.6 Å². The van der Waals surface area contributed by atoms with E-state index in [4.69, 9.17) is 13.6 Å². The average molecular weight is 1110 g/mol. The number of rotatable bonds is 11. The number of amidine groups is 2. The zero-order chi connectivity index (χ0) is 55.1. The molecule has 5 aliphatic heterocycles. The Hall–Kier alpha value is -4.64. The van der Waals surface area contributed by atoms with Gasteiger partial charge in [0.05, 0.1) is 39.1 Å². The van der Waals surface area contributed by atoms with Gasteiger partial charge in [-0.3, -0.25) is 19.2 Å². The molecule has 3 aromatic carbocycles. The van der Waals surface area contributed by atoms with Crippen molar-refractivity contribution >= 4 is 69.2 Å². The Balaban J connectivity index is 0.000000288. The number of imidazole rings is 1. The number of nitrogens with one attached hydrogen (secondary N) is 3. The summed E-state index contributed by atoms with van der Waals surface area (Å²) in [7, 11) is -12.2. The van der Waals surface area contributed by atoms with Gasteiger partial charge in [-0.1, -0.05) is 120 Å². The number of hydrogen-bond acceptors (Lipinski definition) is 13. The molecule has 1 amide bonds. The van der Waals surface area contributed by atoms with Crippen molar-refractivity contribution in [1.29, 1.82) is 0 Å². The number of benzene rings is 3. The number of aromatic nitrogens is 4. The summed E-state index contributed by atoms with van der Waals surface area (Å²) in [5, 5.41) is 13.1. The van der Waals surface area contributed by atoms with Crippen LogP contribution in [0.1, 0.15) is 122 Å². The van der Waals surface area contributed by atoms with E-state index in [-0.39, 0.29) is 17.0 Å². The molecule has 0 saturated carbocycles. The van der Waals surface area contributed by atoms with Crippen molar-refractivity contribution < 1.29 is 47.6 Å². The summed E-state index contributed by atoms with van der Waals surface area (Å²) in [5.74, 6) is 2.63. The lowest BCUT2D eigenvalue weighted by molar-refractivity contribution is -0.809. The number of nitrogens with zero attached hydrogens (tertiary/aromatic N) is 6. The molecule has 4 N–H and O–H groups in total. The van der Waals surface area contributed by atoms with Gasteiger partial charge in [0.2, 0.25) is 0 Å². The first kappa shape index (κ1) is 58.5. The predicted molar refractivity (Wildman–Crippen MR) is 304 cm³/mol. The summed E-state index contributed by atoms with van der Waals surface area (Å²) in [6.45, 7) is 23.0. The molecule has 5 aromatic rings. The molecule has 6 atom stereocenters.